The van der Waals surface area contributed by atoms with Crippen molar-refractivity contribution in [3.63, 3.8) is 0 Å². The first kappa shape index (κ1) is 18.0. The minimum atomic E-state index is -0.462. The molecule has 2 rings (SSSR count). The van der Waals surface area contributed by atoms with E-state index in [1.54, 1.807) is 42.5 Å². The van der Waals surface area contributed by atoms with Crippen molar-refractivity contribution in [1.82, 2.24) is 0 Å². The Kier molecular flexibility index (Phi) is 6.11. The maximum atomic E-state index is 11.1. The Labute approximate surface area is 144 Å². The number of nitro benzene ring substituents is 1. The van der Waals surface area contributed by atoms with Gasteiger partial charge in [0.15, 0.2) is 11.5 Å². The normalized spacial score (nSPS) is 10.5. The molecule has 0 aliphatic rings. The first-order valence-electron chi connectivity index (χ1n) is 7.34. The largest absolute Gasteiger partial charge is 0.493 e. The van der Waals surface area contributed by atoms with Crippen molar-refractivity contribution in [3.05, 3.63) is 69.8 Å². The number of benzene rings is 2. The van der Waals surface area contributed by atoms with Crippen LogP contribution in [0.25, 0.3) is 6.08 Å². The summed E-state index contributed by atoms with van der Waals surface area (Å²) in [6.45, 7) is 0.0326. The number of hydrogen-bond donors (Lipinski definition) is 0. The summed E-state index contributed by atoms with van der Waals surface area (Å²) < 4.78 is 15.5. The van der Waals surface area contributed by atoms with Gasteiger partial charge in [-0.15, -0.1) is 0 Å². The van der Waals surface area contributed by atoms with E-state index in [1.165, 1.54) is 26.4 Å². The molecule has 0 unspecified atom stereocenters. The summed E-state index contributed by atoms with van der Waals surface area (Å²) in [5.74, 6) is 0.428. The van der Waals surface area contributed by atoms with Gasteiger partial charge in [-0.25, -0.2) is 4.79 Å². The van der Waals surface area contributed by atoms with Crippen LogP contribution in [-0.2, 0) is 16.1 Å². The summed E-state index contributed by atoms with van der Waals surface area (Å²) in [6, 6.07) is 11.5. The fourth-order valence-corrected chi connectivity index (χ4v) is 2.11. The molecule has 0 aliphatic heterocycles. The highest BCUT2D eigenvalue weighted by molar-refractivity contribution is 5.87. The van der Waals surface area contributed by atoms with E-state index in [9.17, 15) is 14.9 Å². The first-order chi connectivity index (χ1) is 12.0. The first-order valence-corrected chi connectivity index (χ1v) is 7.34. The number of nitrogens with zero attached hydrogens (tertiary/aromatic N) is 1. The van der Waals surface area contributed by atoms with Crippen LogP contribution >= 0.6 is 0 Å². The molecule has 0 bridgehead atoms. The molecule has 25 heavy (non-hydrogen) atoms. The molecule has 0 aliphatic carbocycles. The Morgan fingerprint density at radius 3 is 2.60 bits per heavy atom. The number of hydrogen-bond acceptors (Lipinski definition) is 6. The molecule has 2 aromatic rings. The number of carbonyl (C=O) groups is 1. The lowest BCUT2D eigenvalue weighted by Gasteiger charge is -2.11. The highest BCUT2D eigenvalue weighted by atomic mass is 16.6. The number of carbonyl (C=O) groups excluding carboxylic acids is 1. The molecule has 0 fully saturated rings. The smallest absolute Gasteiger partial charge is 0.330 e. The SMILES string of the molecule is COC(=O)/C=C/c1ccc(OCc2ccccc2[N+](=O)[O-])c(OC)c1. The van der Waals surface area contributed by atoms with Crippen molar-refractivity contribution in [3.8, 4) is 11.5 Å². The monoisotopic (exact) mass is 343 g/mol. The Bertz CT molecular complexity index is 800. The molecule has 0 amide bonds. The van der Waals surface area contributed by atoms with Crippen LogP contribution in [0.1, 0.15) is 11.1 Å². The topological polar surface area (TPSA) is 87.9 Å². The quantitative estimate of drug-likeness (QED) is 0.331. The molecule has 0 saturated carbocycles. The van der Waals surface area contributed by atoms with Gasteiger partial charge in [0.2, 0.25) is 0 Å². The van der Waals surface area contributed by atoms with Gasteiger partial charge in [-0.3, -0.25) is 10.1 Å². The van der Waals surface area contributed by atoms with Gasteiger partial charge in [0, 0.05) is 12.1 Å². The van der Waals surface area contributed by atoms with Gasteiger partial charge in [-0.05, 0) is 29.8 Å². The fourth-order valence-electron chi connectivity index (χ4n) is 2.11. The van der Waals surface area contributed by atoms with Crippen molar-refractivity contribution in [2.45, 2.75) is 6.61 Å². The third-order valence-corrected chi connectivity index (χ3v) is 3.37. The van der Waals surface area contributed by atoms with Crippen LogP contribution in [-0.4, -0.2) is 25.1 Å². The Morgan fingerprint density at radius 2 is 1.92 bits per heavy atom. The third kappa shape index (κ3) is 4.81. The van der Waals surface area contributed by atoms with Gasteiger partial charge >= 0.3 is 5.97 Å². The molecule has 0 atom stereocenters. The highest BCUT2D eigenvalue weighted by Gasteiger charge is 2.14. The van der Waals surface area contributed by atoms with Gasteiger partial charge in [-0.1, -0.05) is 18.2 Å². The maximum absolute atomic E-state index is 11.1. The molecule has 0 heterocycles. The van der Waals surface area contributed by atoms with Crippen LogP contribution in [0, 0.1) is 10.1 Å². The van der Waals surface area contributed by atoms with Crippen molar-refractivity contribution < 1.29 is 23.9 Å². The van der Waals surface area contributed by atoms with E-state index in [4.69, 9.17) is 9.47 Å². The Balaban J connectivity index is 2.16. The number of rotatable bonds is 7. The highest BCUT2D eigenvalue weighted by Crippen LogP contribution is 2.30. The average molecular weight is 343 g/mol. The third-order valence-electron chi connectivity index (χ3n) is 3.37. The second-order valence-corrected chi connectivity index (χ2v) is 4.94. The minimum Gasteiger partial charge on any atom is -0.493 e. The zero-order chi connectivity index (χ0) is 18.2. The lowest BCUT2D eigenvalue weighted by Crippen LogP contribution is -2.01. The maximum Gasteiger partial charge on any atom is 0.330 e. The van der Waals surface area contributed by atoms with Crippen molar-refractivity contribution in [1.29, 1.82) is 0 Å². The van der Waals surface area contributed by atoms with Crippen LogP contribution < -0.4 is 9.47 Å². The number of esters is 1. The Hall–Kier alpha value is -3.35. The van der Waals surface area contributed by atoms with E-state index in [0.717, 1.165) is 5.56 Å². The summed E-state index contributed by atoms with van der Waals surface area (Å²) in [7, 11) is 2.79. The Morgan fingerprint density at radius 1 is 1.16 bits per heavy atom. The molecule has 0 radical (unpaired) electrons. The van der Waals surface area contributed by atoms with E-state index in [0.29, 0.717) is 17.1 Å². The number of para-hydroxylation sites is 1. The predicted molar refractivity (Wildman–Crippen MR) is 91.5 cm³/mol. The summed E-state index contributed by atoms with van der Waals surface area (Å²) in [6.07, 6.45) is 2.88. The molecule has 0 aromatic heterocycles. The van der Waals surface area contributed by atoms with Gasteiger partial charge in [0.1, 0.15) is 6.61 Å². The summed E-state index contributed by atoms with van der Waals surface area (Å²) in [5.41, 5.74) is 1.18. The van der Waals surface area contributed by atoms with Gasteiger partial charge < -0.3 is 14.2 Å². The zero-order valence-electron chi connectivity index (χ0n) is 13.8. The lowest BCUT2D eigenvalue weighted by atomic mass is 10.1. The van der Waals surface area contributed by atoms with Crippen LogP contribution in [0.4, 0.5) is 5.69 Å². The molecule has 7 nitrogen and oxygen atoms in total. The minimum absolute atomic E-state index is 0.000835. The van der Waals surface area contributed by atoms with E-state index in [-0.39, 0.29) is 12.3 Å². The van der Waals surface area contributed by atoms with Crippen LogP contribution in [0.15, 0.2) is 48.5 Å². The fraction of sp³-hybridized carbons (Fsp3) is 0.167. The average Bonchev–Trinajstić information content (AvgIpc) is 2.64. The molecular weight excluding hydrogens is 326 g/mol. The number of methoxy groups -OCH3 is 2. The zero-order valence-corrected chi connectivity index (χ0v) is 13.8. The summed E-state index contributed by atoms with van der Waals surface area (Å²) in [4.78, 5) is 21.7. The molecule has 130 valence electrons. The lowest BCUT2D eigenvalue weighted by molar-refractivity contribution is -0.385. The second-order valence-electron chi connectivity index (χ2n) is 4.94. The predicted octanol–water partition coefficient (Wildman–Crippen LogP) is 3.37. The van der Waals surface area contributed by atoms with Gasteiger partial charge in [0.05, 0.1) is 24.7 Å². The van der Waals surface area contributed by atoms with Gasteiger partial charge in [-0.2, -0.15) is 0 Å². The van der Waals surface area contributed by atoms with Crippen LogP contribution in [0.3, 0.4) is 0 Å². The van der Waals surface area contributed by atoms with E-state index >= 15 is 0 Å². The molecule has 7 heteroatoms. The second kappa shape index (κ2) is 8.49. The van der Waals surface area contributed by atoms with Crippen molar-refractivity contribution in [2.75, 3.05) is 14.2 Å². The molecule has 2 aromatic carbocycles. The van der Waals surface area contributed by atoms with E-state index in [2.05, 4.69) is 4.74 Å². The molecule has 0 N–H and O–H groups in total. The standard InChI is InChI=1S/C18H17NO6/c1-23-17-11-13(8-10-18(20)24-2)7-9-16(17)25-12-14-5-3-4-6-15(14)19(21)22/h3-11H,12H2,1-2H3/b10-8+. The summed E-state index contributed by atoms with van der Waals surface area (Å²) in [5, 5.41) is 11.0. The number of ether oxygens (including phenoxy) is 3. The van der Waals surface area contributed by atoms with E-state index < -0.39 is 10.9 Å². The molecular formula is C18H17NO6. The summed E-state index contributed by atoms with van der Waals surface area (Å²) >= 11 is 0. The van der Waals surface area contributed by atoms with Crippen molar-refractivity contribution >= 4 is 17.7 Å². The molecule has 0 spiro atoms. The molecule has 0 saturated heterocycles. The van der Waals surface area contributed by atoms with E-state index in [1.807, 2.05) is 0 Å². The van der Waals surface area contributed by atoms with Crippen LogP contribution in [0.2, 0.25) is 0 Å². The van der Waals surface area contributed by atoms with Gasteiger partial charge in [0.25, 0.3) is 5.69 Å². The number of nitro groups is 1. The van der Waals surface area contributed by atoms with Crippen LogP contribution in [0.5, 0.6) is 11.5 Å². The van der Waals surface area contributed by atoms with Crippen molar-refractivity contribution in [2.24, 2.45) is 0 Å².